The van der Waals surface area contributed by atoms with Crippen molar-refractivity contribution in [2.75, 3.05) is 0 Å². The van der Waals surface area contributed by atoms with Crippen molar-refractivity contribution in [3.63, 3.8) is 0 Å². The summed E-state index contributed by atoms with van der Waals surface area (Å²) in [7, 11) is 0. The minimum atomic E-state index is -1.30. The van der Waals surface area contributed by atoms with Gasteiger partial charge in [-0.1, -0.05) is 44.9 Å². The number of aryl methyl sites for hydroxylation is 1. The molecule has 2 N–H and O–H groups in total. The number of hydrogen-bond donors (Lipinski definition) is 2. The molecule has 0 saturated carbocycles. The molecule has 7 atom stereocenters. The predicted octanol–water partition coefficient (Wildman–Crippen LogP) is 5.21. The van der Waals surface area contributed by atoms with Gasteiger partial charge in [-0.15, -0.1) is 17.9 Å². The average Bonchev–Trinajstić information content (AvgIpc) is 3.27. The molecule has 0 aromatic carbocycles. The fourth-order valence-electron chi connectivity index (χ4n) is 5.09. The Hall–Kier alpha value is -1.58. The number of epoxide rings is 1. The Bertz CT molecular complexity index is 1020. The van der Waals surface area contributed by atoms with E-state index in [4.69, 9.17) is 21.1 Å². The van der Waals surface area contributed by atoms with E-state index in [-0.39, 0.29) is 36.2 Å². The van der Waals surface area contributed by atoms with Crippen molar-refractivity contribution < 1.29 is 29.3 Å². The zero-order valence-electron chi connectivity index (χ0n) is 22.4. The smallest absolute Gasteiger partial charge is 0.309 e. The SMILES string of the molecule is C=CC[C@H]1C(=O)C(C)(C)[C@@H](O)CC(=O)O[C@H](C(Cl)=Cc2csc(C)n2)CC2OC2(C)CCC[C@H](C)[C@H]1O. The molecule has 206 valence electrons. The quantitative estimate of drug-likeness (QED) is 0.299. The fourth-order valence-corrected chi connectivity index (χ4v) is 5.90. The molecule has 0 aliphatic carbocycles. The second kappa shape index (κ2) is 12.1. The summed E-state index contributed by atoms with van der Waals surface area (Å²) in [5.74, 6) is -1.83. The number of halogens is 1. The topological polar surface area (TPSA) is 109 Å². The van der Waals surface area contributed by atoms with Crippen molar-refractivity contribution in [3.8, 4) is 0 Å². The highest BCUT2D eigenvalue weighted by Crippen LogP contribution is 2.45. The molecule has 0 bridgehead atoms. The first-order valence-electron chi connectivity index (χ1n) is 13.0. The monoisotopic (exact) mass is 553 g/mol. The normalized spacial score (nSPS) is 35.9. The Kier molecular flexibility index (Phi) is 9.78. The predicted molar refractivity (Wildman–Crippen MR) is 145 cm³/mol. The molecule has 1 aromatic rings. The molecule has 1 aromatic heterocycles. The molecule has 2 aliphatic heterocycles. The minimum Gasteiger partial charge on any atom is -0.456 e. The molecule has 2 aliphatic rings. The summed E-state index contributed by atoms with van der Waals surface area (Å²) in [6.45, 7) is 12.8. The Morgan fingerprint density at radius 2 is 2.03 bits per heavy atom. The number of allylic oxidation sites excluding steroid dienone is 1. The third-order valence-corrected chi connectivity index (χ3v) is 9.02. The van der Waals surface area contributed by atoms with Gasteiger partial charge in [0.15, 0.2) is 0 Å². The van der Waals surface area contributed by atoms with Gasteiger partial charge in [0.25, 0.3) is 0 Å². The van der Waals surface area contributed by atoms with Crippen molar-refractivity contribution in [3.05, 3.63) is 33.8 Å². The van der Waals surface area contributed by atoms with E-state index in [1.54, 1.807) is 26.0 Å². The summed E-state index contributed by atoms with van der Waals surface area (Å²) < 4.78 is 11.8. The van der Waals surface area contributed by atoms with Crippen LogP contribution in [0.1, 0.15) is 76.9 Å². The van der Waals surface area contributed by atoms with Crippen LogP contribution in [0, 0.1) is 24.2 Å². The van der Waals surface area contributed by atoms with Crippen LogP contribution in [-0.4, -0.2) is 57.0 Å². The van der Waals surface area contributed by atoms with Gasteiger partial charge in [0, 0.05) is 17.7 Å². The number of thiazole rings is 1. The molecule has 3 heterocycles. The van der Waals surface area contributed by atoms with Crippen LogP contribution in [-0.2, 0) is 19.1 Å². The molecule has 2 fully saturated rings. The summed E-state index contributed by atoms with van der Waals surface area (Å²) in [5, 5.41) is 25.2. The Morgan fingerprint density at radius 3 is 2.65 bits per heavy atom. The number of fused-ring (bicyclic) bond motifs is 1. The van der Waals surface area contributed by atoms with E-state index < -0.39 is 35.6 Å². The van der Waals surface area contributed by atoms with Gasteiger partial charge in [0.2, 0.25) is 0 Å². The highest BCUT2D eigenvalue weighted by Gasteiger charge is 2.53. The van der Waals surface area contributed by atoms with Gasteiger partial charge in [-0.3, -0.25) is 9.59 Å². The van der Waals surface area contributed by atoms with Crippen molar-refractivity contribution in [1.29, 1.82) is 0 Å². The Morgan fingerprint density at radius 1 is 1.32 bits per heavy atom. The molecule has 37 heavy (non-hydrogen) atoms. The molecule has 2 saturated heterocycles. The lowest BCUT2D eigenvalue weighted by Gasteiger charge is -2.35. The number of carbonyl (C=O) groups excluding carboxylic acids is 2. The van der Waals surface area contributed by atoms with Gasteiger partial charge in [0.05, 0.1) is 51.5 Å². The lowest BCUT2D eigenvalue weighted by Crippen LogP contribution is -2.46. The number of nitrogens with zero attached hydrogens (tertiary/aromatic N) is 1. The molecule has 0 spiro atoms. The number of aromatic nitrogens is 1. The van der Waals surface area contributed by atoms with Gasteiger partial charge < -0.3 is 19.7 Å². The first kappa shape index (κ1) is 30.0. The summed E-state index contributed by atoms with van der Waals surface area (Å²) in [5.41, 5.74) is -0.975. The average molecular weight is 554 g/mol. The third-order valence-electron chi connectivity index (χ3n) is 7.88. The van der Waals surface area contributed by atoms with Gasteiger partial charge in [-0.25, -0.2) is 4.98 Å². The second-order valence-corrected chi connectivity index (χ2v) is 12.7. The van der Waals surface area contributed by atoms with E-state index in [1.807, 2.05) is 26.2 Å². The maximum atomic E-state index is 13.5. The van der Waals surface area contributed by atoms with Crippen molar-refractivity contribution >= 4 is 40.8 Å². The van der Waals surface area contributed by atoms with E-state index >= 15 is 0 Å². The van der Waals surface area contributed by atoms with Crippen LogP contribution in [0.4, 0.5) is 0 Å². The number of rotatable bonds is 4. The van der Waals surface area contributed by atoms with Gasteiger partial charge >= 0.3 is 5.97 Å². The van der Waals surface area contributed by atoms with Crippen LogP contribution in [0.5, 0.6) is 0 Å². The van der Waals surface area contributed by atoms with Crippen molar-refractivity contribution in [1.82, 2.24) is 4.98 Å². The van der Waals surface area contributed by atoms with Crippen molar-refractivity contribution in [2.45, 2.75) is 103 Å². The number of aliphatic hydroxyl groups excluding tert-OH is 2. The fraction of sp³-hybridized carbons (Fsp3) is 0.679. The Labute approximate surface area is 228 Å². The lowest BCUT2D eigenvalue weighted by molar-refractivity contribution is -0.154. The van der Waals surface area contributed by atoms with Gasteiger partial charge in [-0.05, 0) is 45.1 Å². The number of esters is 1. The molecule has 0 amide bonds. The maximum Gasteiger partial charge on any atom is 0.309 e. The molecule has 7 nitrogen and oxygen atoms in total. The van der Waals surface area contributed by atoms with Crippen LogP contribution in [0.2, 0.25) is 0 Å². The summed E-state index contributed by atoms with van der Waals surface area (Å²) in [4.78, 5) is 30.9. The van der Waals surface area contributed by atoms with E-state index in [0.717, 1.165) is 24.3 Å². The van der Waals surface area contributed by atoms with E-state index in [2.05, 4.69) is 11.6 Å². The molecular formula is C28H40ClNO6S. The van der Waals surface area contributed by atoms with E-state index in [1.165, 1.54) is 11.3 Å². The Balaban J connectivity index is 1.88. The molecule has 9 heteroatoms. The van der Waals surface area contributed by atoms with Crippen LogP contribution in [0.3, 0.4) is 0 Å². The zero-order valence-corrected chi connectivity index (χ0v) is 24.0. The highest BCUT2D eigenvalue weighted by atomic mass is 35.5. The number of ether oxygens (including phenoxy) is 2. The minimum absolute atomic E-state index is 0.132. The molecule has 2 unspecified atom stereocenters. The van der Waals surface area contributed by atoms with Crippen LogP contribution >= 0.6 is 22.9 Å². The zero-order chi connectivity index (χ0) is 27.5. The second-order valence-electron chi connectivity index (χ2n) is 11.3. The number of hydrogen-bond acceptors (Lipinski definition) is 8. The van der Waals surface area contributed by atoms with Crippen LogP contribution < -0.4 is 0 Å². The number of ketones is 1. The third kappa shape index (κ3) is 7.30. The molecule has 3 rings (SSSR count). The number of Topliss-reactive ketones (excluding diaryl/α,β-unsaturated/α-hetero) is 1. The van der Waals surface area contributed by atoms with Crippen LogP contribution in [0.25, 0.3) is 6.08 Å². The summed E-state index contributed by atoms with van der Waals surface area (Å²) in [6.07, 6.45) is 2.77. The van der Waals surface area contributed by atoms with Crippen molar-refractivity contribution in [2.24, 2.45) is 17.3 Å². The number of aliphatic hydroxyl groups is 2. The summed E-state index contributed by atoms with van der Waals surface area (Å²) in [6, 6.07) is 0. The molecular weight excluding hydrogens is 514 g/mol. The van der Waals surface area contributed by atoms with Gasteiger partial charge in [0.1, 0.15) is 11.9 Å². The first-order valence-corrected chi connectivity index (χ1v) is 14.2. The number of carbonyl (C=O) groups is 2. The first-order chi connectivity index (χ1) is 17.3. The van der Waals surface area contributed by atoms with Gasteiger partial charge in [-0.2, -0.15) is 0 Å². The standard InChI is InChI=1S/C28H40ClNO6S/c1-7-9-19-25(33)16(2)10-8-11-28(6)23(36-28)13-21(20(29)12-18-15-37-17(3)30-18)35-24(32)14-22(31)27(4,5)26(19)34/h7,12,15-16,19,21-23,25,31,33H,1,8-11,13-14H2,2-6H3/t16-,19+,21-,22-,23?,25+,28?/m0/s1. The van der Waals surface area contributed by atoms with E-state index in [0.29, 0.717) is 17.1 Å². The number of cyclic esters (lactones) is 1. The van der Waals surface area contributed by atoms with Crippen LogP contribution in [0.15, 0.2) is 23.1 Å². The molecule has 0 radical (unpaired) electrons. The lowest BCUT2D eigenvalue weighted by atomic mass is 9.71. The maximum absolute atomic E-state index is 13.5. The highest BCUT2D eigenvalue weighted by molar-refractivity contribution is 7.09. The largest absolute Gasteiger partial charge is 0.456 e. The summed E-state index contributed by atoms with van der Waals surface area (Å²) >= 11 is 8.14. The van der Waals surface area contributed by atoms with E-state index in [9.17, 15) is 19.8 Å².